The van der Waals surface area contributed by atoms with Gasteiger partial charge in [0.2, 0.25) is 0 Å². The highest BCUT2D eigenvalue weighted by Crippen LogP contribution is 2.42. The number of aryl methyl sites for hydroxylation is 1. The van der Waals surface area contributed by atoms with Crippen LogP contribution in [0.1, 0.15) is 46.3 Å². The predicted molar refractivity (Wildman–Crippen MR) is 109 cm³/mol. The van der Waals surface area contributed by atoms with Crippen molar-refractivity contribution in [3.63, 3.8) is 0 Å². The van der Waals surface area contributed by atoms with Crippen molar-refractivity contribution in [3.05, 3.63) is 40.0 Å². The van der Waals surface area contributed by atoms with Crippen molar-refractivity contribution in [1.29, 1.82) is 0 Å². The molecule has 0 aromatic carbocycles. The Kier molecular flexibility index (Phi) is 5.70. The fourth-order valence-electron chi connectivity index (χ4n) is 4.00. The van der Waals surface area contributed by atoms with Crippen LogP contribution in [0.3, 0.4) is 0 Å². The summed E-state index contributed by atoms with van der Waals surface area (Å²) < 4.78 is 71.1. The smallest absolute Gasteiger partial charge is 0.341 e. The Labute approximate surface area is 183 Å². The molecule has 1 aliphatic rings. The number of imidazole rings is 1. The second kappa shape index (κ2) is 8.07. The zero-order valence-corrected chi connectivity index (χ0v) is 17.7. The Morgan fingerprint density at radius 2 is 2.16 bits per heavy atom. The maximum atomic E-state index is 14.3. The quantitative estimate of drug-likeness (QED) is 0.554. The molecule has 3 N–H and O–H groups in total. The van der Waals surface area contributed by atoms with Crippen LogP contribution in [-0.2, 0) is 12.6 Å². The number of aromatic nitrogens is 3. The van der Waals surface area contributed by atoms with Crippen molar-refractivity contribution >= 4 is 22.9 Å². The van der Waals surface area contributed by atoms with E-state index in [2.05, 4.69) is 15.4 Å². The van der Waals surface area contributed by atoms with Gasteiger partial charge < -0.3 is 11.1 Å². The third-order valence-electron chi connectivity index (χ3n) is 5.57. The number of fused-ring (bicyclic) bond motifs is 1. The summed E-state index contributed by atoms with van der Waals surface area (Å²) in [5.41, 5.74) is 4.78. The minimum absolute atomic E-state index is 0.0138. The first-order valence-corrected chi connectivity index (χ1v) is 10.8. The van der Waals surface area contributed by atoms with E-state index in [9.17, 15) is 26.7 Å². The zero-order chi connectivity index (χ0) is 23.3. The van der Waals surface area contributed by atoms with Crippen molar-refractivity contribution < 1.29 is 26.7 Å². The SMILES string of the molecule is CCc1sc(C(=O)NC2C(N)CCCC2(F)F)cc1-c1c(C(F)(F)F)cnn2ccnc12. The van der Waals surface area contributed by atoms with Gasteiger partial charge in [0.1, 0.15) is 6.04 Å². The van der Waals surface area contributed by atoms with Gasteiger partial charge in [0.15, 0.2) is 5.65 Å². The number of carbonyl (C=O) groups is 1. The average molecular weight is 473 g/mol. The van der Waals surface area contributed by atoms with E-state index in [1.54, 1.807) is 6.92 Å². The van der Waals surface area contributed by atoms with Crippen molar-refractivity contribution in [3.8, 4) is 11.1 Å². The van der Waals surface area contributed by atoms with Gasteiger partial charge in [-0.15, -0.1) is 11.3 Å². The molecule has 12 heteroatoms. The molecule has 2 unspecified atom stereocenters. The molecule has 2 atom stereocenters. The van der Waals surface area contributed by atoms with E-state index in [1.807, 2.05) is 0 Å². The predicted octanol–water partition coefficient (Wildman–Crippen LogP) is 4.28. The summed E-state index contributed by atoms with van der Waals surface area (Å²) in [4.78, 5) is 17.3. The number of hydrogen-bond donors (Lipinski definition) is 2. The lowest BCUT2D eigenvalue weighted by Gasteiger charge is -2.36. The largest absolute Gasteiger partial charge is 0.418 e. The molecule has 3 aromatic heterocycles. The van der Waals surface area contributed by atoms with E-state index in [0.29, 0.717) is 23.9 Å². The molecule has 1 amide bonds. The van der Waals surface area contributed by atoms with E-state index in [-0.39, 0.29) is 34.5 Å². The fourth-order valence-corrected chi connectivity index (χ4v) is 5.01. The third-order valence-corrected chi connectivity index (χ3v) is 6.85. The number of carbonyl (C=O) groups excluding carboxylic acids is 1. The highest BCUT2D eigenvalue weighted by Gasteiger charge is 2.46. The van der Waals surface area contributed by atoms with Gasteiger partial charge in [-0.05, 0) is 25.3 Å². The Morgan fingerprint density at radius 3 is 2.81 bits per heavy atom. The average Bonchev–Trinajstić information content (AvgIpc) is 3.35. The second-order valence-corrected chi connectivity index (χ2v) is 8.83. The van der Waals surface area contributed by atoms with Gasteiger partial charge in [-0.25, -0.2) is 18.3 Å². The Morgan fingerprint density at radius 1 is 1.41 bits per heavy atom. The molecule has 0 saturated heterocycles. The number of nitrogens with two attached hydrogens (primary N) is 1. The first kappa shape index (κ1) is 22.6. The summed E-state index contributed by atoms with van der Waals surface area (Å²) in [6.07, 6.45) is -0.706. The summed E-state index contributed by atoms with van der Waals surface area (Å²) >= 11 is 0.960. The Hall–Kier alpha value is -2.60. The minimum Gasteiger partial charge on any atom is -0.341 e. The van der Waals surface area contributed by atoms with Crippen LogP contribution in [0.2, 0.25) is 0 Å². The number of alkyl halides is 5. The molecule has 1 fully saturated rings. The summed E-state index contributed by atoms with van der Waals surface area (Å²) in [5, 5.41) is 6.06. The van der Waals surface area contributed by atoms with Crippen molar-refractivity contribution in [2.45, 2.75) is 56.8 Å². The van der Waals surface area contributed by atoms with Gasteiger partial charge in [0, 0.05) is 40.9 Å². The summed E-state index contributed by atoms with van der Waals surface area (Å²) in [6, 6.07) is -1.15. The molecule has 3 heterocycles. The van der Waals surface area contributed by atoms with E-state index in [0.717, 1.165) is 11.3 Å². The Bertz CT molecular complexity index is 1160. The molecule has 6 nitrogen and oxygen atoms in total. The first-order valence-electron chi connectivity index (χ1n) is 9.99. The van der Waals surface area contributed by atoms with E-state index in [1.165, 1.54) is 23.0 Å². The number of nitrogens with zero attached hydrogens (tertiary/aromatic N) is 3. The van der Waals surface area contributed by atoms with Gasteiger partial charge in [-0.3, -0.25) is 4.79 Å². The van der Waals surface area contributed by atoms with Crippen LogP contribution in [0.25, 0.3) is 16.8 Å². The lowest BCUT2D eigenvalue weighted by molar-refractivity contribution is -0.137. The van der Waals surface area contributed by atoms with Crippen LogP contribution in [0.15, 0.2) is 24.7 Å². The first-order chi connectivity index (χ1) is 15.0. The standard InChI is InChI=1S/C20H20F5N5OS/c1-2-13-10(15-11(20(23,24)25)9-28-30-7-6-27-17(15)30)8-14(32-13)18(31)29-16-12(26)4-3-5-19(16,21)22/h6-9,12,16H,2-5,26H2,1H3,(H,29,31). The van der Waals surface area contributed by atoms with E-state index < -0.39 is 35.7 Å². The van der Waals surface area contributed by atoms with Gasteiger partial charge >= 0.3 is 6.18 Å². The van der Waals surface area contributed by atoms with E-state index >= 15 is 0 Å². The van der Waals surface area contributed by atoms with Crippen molar-refractivity contribution in [2.24, 2.45) is 5.73 Å². The molecular weight excluding hydrogens is 453 g/mol. The lowest BCUT2D eigenvalue weighted by Crippen LogP contribution is -2.59. The number of hydrogen-bond acceptors (Lipinski definition) is 5. The lowest BCUT2D eigenvalue weighted by atomic mass is 9.87. The topological polar surface area (TPSA) is 85.3 Å². The van der Waals surface area contributed by atoms with Crippen LogP contribution in [-0.4, -0.2) is 38.5 Å². The monoisotopic (exact) mass is 473 g/mol. The zero-order valence-electron chi connectivity index (χ0n) is 16.9. The van der Waals surface area contributed by atoms with Crippen LogP contribution in [0, 0.1) is 0 Å². The summed E-state index contributed by atoms with van der Waals surface area (Å²) in [5.74, 6) is -3.95. The van der Waals surface area contributed by atoms with Crippen LogP contribution < -0.4 is 11.1 Å². The number of amides is 1. The van der Waals surface area contributed by atoms with Crippen LogP contribution in [0.4, 0.5) is 22.0 Å². The summed E-state index contributed by atoms with van der Waals surface area (Å²) in [6.45, 7) is 1.74. The highest BCUT2D eigenvalue weighted by molar-refractivity contribution is 7.14. The van der Waals surface area contributed by atoms with Gasteiger partial charge in [-0.2, -0.15) is 18.3 Å². The number of thiophene rings is 1. The molecule has 0 spiro atoms. The minimum atomic E-state index is -4.71. The normalized spacial score (nSPS) is 21.1. The highest BCUT2D eigenvalue weighted by atomic mass is 32.1. The molecule has 1 aliphatic carbocycles. The molecule has 1 saturated carbocycles. The molecule has 32 heavy (non-hydrogen) atoms. The molecule has 3 aromatic rings. The molecule has 0 aliphatic heterocycles. The maximum absolute atomic E-state index is 14.3. The molecular formula is C20H20F5N5OS. The van der Waals surface area contributed by atoms with Crippen molar-refractivity contribution in [2.75, 3.05) is 0 Å². The van der Waals surface area contributed by atoms with E-state index in [4.69, 9.17) is 5.73 Å². The number of halogens is 5. The molecule has 172 valence electrons. The van der Waals surface area contributed by atoms with Gasteiger partial charge in [0.25, 0.3) is 11.8 Å². The van der Waals surface area contributed by atoms with Crippen LogP contribution in [0.5, 0.6) is 0 Å². The van der Waals surface area contributed by atoms with Gasteiger partial charge in [-0.1, -0.05) is 6.92 Å². The number of nitrogens with one attached hydrogen (secondary N) is 1. The molecule has 4 rings (SSSR count). The second-order valence-electron chi connectivity index (χ2n) is 7.70. The number of rotatable bonds is 4. The fraction of sp³-hybridized carbons (Fsp3) is 0.450. The van der Waals surface area contributed by atoms with Crippen LogP contribution >= 0.6 is 11.3 Å². The van der Waals surface area contributed by atoms with Gasteiger partial charge in [0.05, 0.1) is 16.6 Å². The Balaban J connectivity index is 1.77. The third kappa shape index (κ3) is 3.96. The molecule has 0 bridgehead atoms. The maximum Gasteiger partial charge on any atom is 0.418 e. The summed E-state index contributed by atoms with van der Waals surface area (Å²) in [7, 11) is 0. The molecule has 0 radical (unpaired) electrons. The van der Waals surface area contributed by atoms with Crippen molar-refractivity contribution in [1.82, 2.24) is 19.9 Å².